The molecule has 1 aromatic heterocycles. The second kappa shape index (κ2) is 7.27. The number of halogens is 3. The molecule has 0 aliphatic heterocycles. The molecule has 24 heavy (non-hydrogen) atoms. The Morgan fingerprint density at radius 1 is 1.42 bits per heavy atom. The minimum absolute atomic E-state index is 0.134. The van der Waals surface area contributed by atoms with Gasteiger partial charge in [0.25, 0.3) is 0 Å². The van der Waals surface area contributed by atoms with Crippen LogP contribution in [0.4, 0.5) is 18.9 Å². The molecule has 1 aromatic rings. The molecule has 0 spiro atoms. The summed E-state index contributed by atoms with van der Waals surface area (Å²) >= 11 is 0. The molecule has 1 amide bonds. The van der Waals surface area contributed by atoms with Crippen molar-refractivity contribution in [2.45, 2.75) is 45.5 Å². The molecule has 2 N–H and O–H groups in total. The monoisotopic (exact) mass is 352 g/mol. The lowest BCUT2D eigenvalue weighted by Crippen LogP contribution is -2.43. The first-order valence-corrected chi connectivity index (χ1v) is 6.69. The molecule has 0 bridgehead atoms. The van der Waals surface area contributed by atoms with Crippen LogP contribution in [0.3, 0.4) is 0 Å². The van der Waals surface area contributed by atoms with E-state index in [1.165, 1.54) is 18.5 Å². The zero-order valence-corrected chi connectivity index (χ0v) is 12.8. The molecule has 0 saturated heterocycles. The number of aliphatic carboxylic acids is 1. The van der Waals surface area contributed by atoms with Gasteiger partial charge in [-0.25, -0.2) is 4.79 Å². The number of carbonyl (C=O) groups excluding carboxylic acids is 1. The van der Waals surface area contributed by atoms with Crippen molar-refractivity contribution in [2.75, 3.05) is 0 Å². The van der Waals surface area contributed by atoms with Crippen LogP contribution < -0.4 is 5.32 Å². The van der Waals surface area contributed by atoms with Crippen LogP contribution in [0.1, 0.15) is 24.2 Å². The van der Waals surface area contributed by atoms with E-state index in [1.54, 1.807) is 5.32 Å². The Bertz CT molecular complexity index is 656. The van der Waals surface area contributed by atoms with Gasteiger partial charge in [0.2, 0.25) is 5.91 Å². The number of nitro groups is 1. The van der Waals surface area contributed by atoms with E-state index in [0.717, 1.165) is 0 Å². The first kappa shape index (κ1) is 19.4. The maximum atomic E-state index is 12.3. The van der Waals surface area contributed by atoms with E-state index in [1.807, 2.05) is 0 Å². The maximum Gasteiger partial charge on any atom is 0.391 e. The Labute approximate surface area is 133 Å². The Hall–Kier alpha value is -2.66. The number of alkyl halides is 3. The fourth-order valence-corrected chi connectivity index (χ4v) is 2.07. The quantitative estimate of drug-likeness (QED) is 0.563. The smallest absolute Gasteiger partial charge is 0.391 e. The maximum absolute atomic E-state index is 12.3. The number of amides is 1. The largest absolute Gasteiger partial charge is 0.480 e. The van der Waals surface area contributed by atoms with Gasteiger partial charge in [0.15, 0.2) is 0 Å². The van der Waals surface area contributed by atoms with Crippen molar-refractivity contribution in [3.8, 4) is 0 Å². The van der Waals surface area contributed by atoms with Crippen molar-refractivity contribution < 1.29 is 32.8 Å². The van der Waals surface area contributed by atoms with Gasteiger partial charge in [0.1, 0.15) is 17.4 Å². The summed E-state index contributed by atoms with van der Waals surface area (Å²) in [6.07, 6.45) is -6.81. The second-order valence-corrected chi connectivity index (χ2v) is 5.03. The summed E-state index contributed by atoms with van der Waals surface area (Å²) in [5.74, 6) is -2.73. The summed E-state index contributed by atoms with van der Waals surface area (Å²) in [6.45, 7) is 2.69. The second-order valence-electron chi connectivity index (χ2n) is 5.03. The average Bonchev–Trinajstić information content (AvgIpc) is 2.68. The first-order chi connectivity index (χ1) is 10.9. The molecule has 1 heterocycles. The Balaban J connectivity index is 2.71. The Morgan fingerprint density at radius 3 is 2.42 bits per heavy atom. The molecular formula is C12H15F3N4O5. The fraction of sp³-hybridized carbons (Fsp3) is 0.583. The third kappa shape index (κ3) is 5.21. The number of carboxylic acids is 1. The number of hydrogen-bond donors (Lipinski definition) is 2. The highest BCUT2D eigenvalue weighted by molar-refractivity contribution is 5.83. The third-order valence-electron chi connectivity index (χ3n) is 3.15. The van der Waals surface area contributed by atoms with Crippen LogP contribution in [0, 0.1) is 24.0 Å². The van der Waals surface area contributed by atoms with E-state index in [4.69, 9.17) is 5.11 Å². The molecule has 1 unspecified atom stereocenters. The van der Waals surface area contributed by atoms with E-state index in [-0.39, 0.29) is 30.0 Å². The topological polar surface area (TPSA) is 127 Å². The molecule has 12 heteroatoms. The fourth-order valence-electron chi connectivity index (χ4n) is 2.07. The van der Waals surface area contributed by atoms with Gasteiger partial charge in [-0.1, -0.05) is 0 Å². The standard InChI is InChI=1S/C12H15F3N4O5/c1-6-10(19(23)24)7(2)18(17-6)4-3-9(20)16-8(11(21)22)5-12(13,14)15/h8H,3-5H2,1-2H3,(H,16,20)(H,21,22). The van der Waals surface area contributed by atoms with Gasteiger partial charge in [-0.15, -0.1) is 0 Å². The summed E-state index contributed by atoms with van der Waals surface area (Å²) in [6, 6.07) is -2.09. The van der Waals surface area contributed by atoms with Gasteiger partial charge in [-0.2, -0.15) is 18.3 Å². The number of carbonyl (C=O) groups is 2. The van der Waals surface area contributed by atoms with Crippen molar-refractivity contribution in [1.82, 2.24) is 15.1 Å². The van der Waals surface area contributed by atoms with E-state index in [0.29, 0.717) is 0 Å². The van der Waals surface area contributed by atoms with Crippen molar-refractivity contribution in [3.63, 3.8) is 0 Å². The molecular weight excluding hydrogens is 337 g/mol. The lowest BCUT2D eigenvalue weighted by Gasteiger charge is -2.16. The highest BCUT2D eigenvalue weighted by Gasteiger charge is 2.36. The van der Waals surface area contributed by atoms with Crippen LogP contribution in [0.5, 0.6) is 0 Å². The van der Waals surface area contributed by atoms with Gasteiger partial charge in [0.05, 0.1) is 17.9 Å². The lowest BCUT2D eigenvalue weighted by molar-refractivity contribution is -0.386. The van der Waals surface area contributed by atoms with Crippen molar-refractivity contribution in [1.29, 1.82) is 0 Å². The molecule has 0 aliphatic rings. The van der Waals surface area contributed by atoms with Crippen molar-refractivity contribution in [3.05, 3.63) is 21.5 Å². The van der Waals surface area contributed by atoms with Crippen LogP contribution in [0.2, 0.25) is 0 Å². The molecule has 0 aromatic carbocycles. The minimum atomic E-state index is -4.74. The SMILES string of the molecule is Cc1nn(CCC(=O)NC(CC(F)(F)F)C(=O)O)c(C)c1[N+](=O)[O-]. The number of aromatic nitrogens is 2. The zero-order chi connectivity index (χ0) is 18.7. The first-order valence-electron chi connectivity index (χ1n) is 6.69. The molecule has 0 radical (unpaired) electrons. The van der Waals surface area contributed by atoms with Crippen LogP contribution in [0.25, 0.3) is 0 Å². The van der Waals surface area contributed by atoms with Crippen LogP contribution in [-0.4, -0.2) is 43.9 Å². The zero-order valence-electron chi connectivity index (χ0n) is 12.8. The Morgan fingerprint density at radius 2 is 2.00 bits per heavy atom. The van der Waals surface area contributed by atoms with Gasteiger partial charge in [-0.3, -0.25) is 19.6 Å². The molecule has 1 atom stereocenters. The number of rotatable bonds is 7. The van der Waals surface area contributed by atoms with Gasteiger partial charge in [0, 0.05) is 6.42 Å². The van der Waals surface area contributed by atoms with Crippen molar-refractivity contribution in [2.24, 2.45) is 0 Å². The van der Waals surface area contributed by atoms with E-state index in [2.05, 4.69) is 5.10 Å². The highest BCUT2D eigenvalue weighted by Crippen LogP contribution is 2.23. The van der Waals surface area contributed by atoms with Crippen LogP contribution in [0.15, 0.2) is 0 Å². The van der Waals surface area contributed by atoms with E-state index >= 15 is 0 Å². The predicted molar refractivity (Wildman–Crippen MR) is 73.2 cm³/mol. The van der Waals surface area contributed by atoms with Gasteiger partial charge >= 0.3 is 17.8 Å². The molecule has 0 saturated carbocycles. The molecule has 134 valence electrons. The minimum Gasteiger partial charge on any atom is -0.480 e. The van der Waals surface area contributed by atoms with Crippen molar-refractivity contribution >= 4 is 17.6 Å². The molecule has 1 rings (SSSR count). The average molecular weight is 352 g/mol. The predicted octanol–water partition coefficient (Wildman–Crippen LogP) is 1.32. The normalized spacial score (nSPS) is 12.7. The summed E-state index contributed by atoms with van der Waals surface area (Å²) in [4.78, 5) is 32.6. The molecule has 9 nitrogen and oxygen atoms in total. The molecule has 0 fully saturated rings. The number of carboxylic acid groups (broad SMARTS) is 1. The Kier molecular flexibility index (Phi) is 5.88. The van der Waals surface area contributed by atoms with Gasteiger partial charge in [-0.05, 0) is 13.8 Å². The number of nitrogens with zero attached hydrogens (tertiary/aromatic N) is 3. The summed E-state index contributed by atoms with van der Waals surface area (Å²) in [7, 11) is 0. The van der Waals surface area contributed by atoms with Gasteiger partial charge < -0.3 is 10.4 Å². The van der Waals surface area contributed by atoms with E-state index < -0.39 is 35.4 Å². The summed E-state index contributed by atoms with van der Waals surface area (Å²) in [5, 5.41) is 25.2. The third-order valence-corrected chi connectivity index (χ3v) is 3.15. The summed E-state index contributed by atoms with van der Waals surface area (Å²) < 4.78 is 37.9. The van der Waals surface area contributed by atoms with E-state index in [9.17, 15) is 32.9 Å². The lowest BCUT2D eigenvalue weighted by atomic mass is 10.2. The highest BCUT2D eigenvalue weighted by atomic mass is 19.4. The van der Waals surface area contributed by atoms with Crippen LogP contribution in [-0.2, 0) is 16.1 Å². The summed E-state index contributed by atoms with van der Waals surface area (Å²) in [5.41, 5.74) is 0.115. The number of nitrogens with one attached hydrogen (secondary N) is 1. The molecule has 0 aliphatic carbocycles. The number of hydrogen-bond acceptors (Lipinski definition) is 5. The number of aryl methyl sites for hydroxylation is 2. The van der Waals surface area contributed by atoms with Crippen LogP contribution >= 0.6 is 0 Å².